The van der Waals surface area contributed by atoms with Crippen LogP contribution in [-0.2, 0) is 18.8 Å². The Hall–Kier alpha value is -2.62. The Morgan fingerprint density at radius 3 is 2.17 bits per heavy atom. The topological polar surface area (TPSA) is 49.7 Å². The molecular formula is C26H30O3. The standard InChI is InChI=1S/C26H30O3/c1-4-26(28,5-2)23-13-14-25(19(3)15-23)22-7-6-8-24(16-22)29-18-21-11-9-20(17-27)10-12-21/h6-16,27-28H,4-5,17-18H2,1-3H3. The predicted molar refractivity (Wildman–Crippen MR) is 118 cm³/mol. The van der Waals surface area contributed by atoms with Crippen molar-refractivity contribution in [2.75, 3.05) is 0 Å². The molecule has 0 saturated heterocycles. The molecule has 152 valence electrons. The maximum Gasteiger partial charge on any atom is 0.120 e. The highest BCUT2D eigenvalue weighted by atomic mass is 16.5. The molecule has 0 radical (unpaired) electrons. The number of aryl methyl sites for hydroxylation is 1. The smallest absolute Gasteiger partial charge is 0.120 e. The second kappa shape index (κ2) is 9.25. The summed E-state index contributed by atoms with van der Waals surface area (Å²) in [6, 6.07) is 22.1. The average Bonchev–Trinajstić information content (AvgIpc) is 2.77. The Morgan fingerprint density at radius 2 is 1.55 bits per heavy atom. The molecule has 0 aromatic heterocycles. The van der Waals surface area contributed by atoms with Gasteiger partial charge in [-0.05, 0) is 65.3 Å². The minimum atomic E-state index is -0.764. The van der Waals surface area contributed by atoms with E-state index >= 15 is 0 Å². The summed E-state index contributed by atoms with van der Waals surface area (Å²) in [6.07, 6.45) is 1.40. The maximum absolute atomic E-state index is 10.8. The van der Waals surface area contributed by atoms with Gasteiger partial charge in [-0.2, -0.15) is 0 Å². The van der Waals surface area contributed by atoms with Gasteiger partial charge in [0.05, 0.1) is 12.2 Å². The van der Waals surface area contributed by atoms with Gasteiger partial charge in [-0.1, -0.05) is 68.4 Å². The molecular weight excluding hydrogens is 360 g/mol. The van der Waals surface area contributed by atoms with Crippen LogP contribution < -0.4 is 4.74 Å². The van der Waals surface area contributed by atoms with Crippen molar-refractivity contribution in [2.24, 2.45) is 0 Å². The summed E-state index contributed by atoms with van der Waals surface area (Å²) in [5.74, 6) is 0.816. The van der Waals surface area contributed by atoms with E-state index < -0.39 is 5.60 Å². The normalized spacial score (nSPS) is 11.5. The zero-order valence-corrected chi connectivity index (χ0v) is 17.5. The summed E-state index contributed by atoms with van der Waals surface area (Å²) in [6.45, 7) is 6.65. The van der Waals surface area contributed by atoms with Gasteiger partial charge in [-0.15, -0.1) is 0 Å². The summed E-state index contributed by atoms with van der Waals surface area (Å²) in [5, 5.41) is 19.9. The number of aliphatic hydroxyl groups excluding tert-OH is 1. The second-order valence-corrected chi connectivity index (χ2v) is 7.56. The lowest BCUT2D eigenvalue weighted by atomic mass is 9.86. The number of rotatable bonds is 8. The monoisotopic (exact) mass is 390 g/mol. The van der Waals surface area contributed by atoms with E-state index in [4.69, 9.17) is 9.84 Å². The fourth-order valence-corrected chi connectivity index (χ4v) is 3.60. The first kappa shape index (κ1) is 21.1. The first-order chi connectivity index (χ1) is 14.0. The van der Waals surface area contributed by atoms with E-state index in [0.717, 1.165) is 39.1 Å². The predicted octanol–water partition coefficient (Wildman–Crippen LogP) is 5.74. The van der Waals surface area contributed by atoms with Crippen LogP contribution in [0.25, 0.3) is 11.1 Å². The third-order valence-electron chi connectivity index (χ3n) is 5.69. The lowest BCUT2D eigenvalue weighted by Crippen LogP contribution is -2.23. The first-order valence-electron chi connectivity index (χ1n) is 10.2. The number of hydrogen-bond donors (Lipinski definition) is 2. The van der Waals surface area contributed by atoms with Crippen molar-refractivity contribution in [3.8, 4) is 16.9 Å². The third kappa shape index (κ3) is 4.87. The SMILES string of the molecule is CCC(O)(CC)c1ccc(-c2cccc(OCc3ccc(CO)cc3)c2)c(C)c1. The highest BCUT2D eigenvalue weighted by Gasteiger charge is 2.25. The molecule has 3 rings (SSSR count). The number of ether oxygens (including phenoxy) is 1. The Morgan fingerprint density at radius 1 is 0.862 bits per heavy atom. The highest BCUT2D eigenvalue weighted by molar-refractivity contribution is 5.69. The van der Waals surface area contributed by atoms with Crippen LogP contribution in [0.5, 0.6) is 5.75 Å². The molecule has 0 fully saturated rings. The van der Waals surface area contributed by atoms with Crippen LogP contribution in [0.4, 0.5) is 0 Å². The maximum atomic E-state index is 10.8. The van der Waals surface area contributed by atoms with Crippen molar-refractivity contribution < 1.29 is 14.9 Å². The molecule has 0 bridgehead atoms. The molecule has 0 unspecified atom stereocenters. The molecule has 0 saturated carbocycles. The molecule has 0 amide bonds. The summed E-state index contributed by atoms with van der Waals surface area (Å²) in [5.41, 5.74) is 5.54. The lowest BCUT2D eigenvalue weighted by Gasteiger charge is -2.26. The quantitative estimate of drug-likeness (QED) is 0.515. The van der Waals surface area contributed by atoms with E-state index in [0.29, 0.717) is 19.4 Å². The molecule has 0 aliphatic rings. The van der Waals surface area contributed by atoms with E-state index in [1.54, 1.807) is 0 Å². The fourth-order valence-electron chi connectivity index (χ4n) is 3.60. The highest BCUT2D eigenvalue weighted by Crippen LogP contribution is 2.33. The zero-order valence-electron chi connectivity index (χ0n) is 17.5. The van der Waals surface area contributed by atoms with E-state index in [1.807, 2.05) is 56.3 Å². The minimum Gasteiger partial charge on any atom is -0.489 e. The number of benzene rings is 3. The molecule has 0 atom stereocenters. The van der Waals surface area contributed by atoms with E-state index in [9.17, 15) is 5.11 Å². The van der Waals surface area contributed by atoms with Crippen molar-refractivity contribution in [3.63, 3.8) is 0 Å². The van der Waals surface area contributed by atoms with Crippen LogP contribution in [0.15, 0.2) is 66.7 Å². The Balaban J connectivity index is 1.78. The van der Waals surface area contributed by atoms with E-state index in [1.165, 1.54) is 0 Å². The molecule has 29 heavy (non-hydrogen) atoms. The van der Waals surface area contributed by atoms with Crippen LogP contribution in [0, 0.1) is 6.92 Å². The Kier molecular flexibility index (Phi) is 6.73. The van der Waals surface area contributed by atoms with Crippen LogP contribution in [0.3, 0.4) is 0 Å². The first-order valence-corrected chi connectivity index (χ1v) is 10.2. The molecule has 2 N–H and O–H groups in total. The summed E-state index contributed by atoms with van der Waals surface area (Å²) >= 11 is 0. The largest absolute Gasteiger partial charge is 0.489 e. The van der Waals surface area contributed by atoms with Gasteiger partial charge in [0.15, 0.2) is 0 Å². The van der Waals surface area contributed by atoms with Gasteiger partial charge in [0.1, 0.15) is 12.4 Å². The van der Waals surface area contributed by atoms with Crippen LogP contribution >= 0.6 is 0 Å². The molecule has 0 aliphatic heterocycles. The van der Waals surface area contributed by atoms with Gasteiger partial charge in [-0.3, -0.25) is 0 Å². The molecule has 3 aromatic rings. The van der Waals surface area contributed by atoms with E-state index in [-0.39, 0.29) is 6.61 Å². The molecule has 3 heteroatoms. The summed E-state index contributed by atoms with van der Waals surface area (Å²) in [4.78, 5) is 0. The molecule has 0 heterocycles. The van der Waals surface area contributed by atoms with Crippen molar-refractivity contribution in [3.05, 3.63) is 89.0 Å². The van der Waals surface area contributed by atoms with Crippen molar-refractivity contribution in [1.82, 2.24) is 0 Å². The van der Waals surface area contributed by atoms with Crippen molar-refractivity contribution >= 4 is 0 Å². The van der Waals surface area contributed by atoms with Gasteiger partial charge in [0.25, 0.3) is 0 Å². The molecule has 0 spiro atoms. The van der Waals surface area contributed by atoms with E-state index in [2.05, 4.69) is 31.2 Å². The molecule has 3 aromatic carbocycles. The third-order valence-corrected chi connectivity index (χ3v) is 5.69. The summed E-state index contributed by atoms with van der Waals surface area (Å²) < 4.78 is 5.98. The average molecular weight is 391 g/mol. The van der Waals surface area contributed by atoms with Gasteiger partial charge in [-0.25, -0.2) is 0 Å². The second-order valence-electron chi connectivity index (χ2n) is 7.56. The van der Waals surface area contributed by atoms with Crippen LogP contribution in [0.2, 0.25) is 0 Å². The fraction of sp³-hybridized carbons (Fsp3) is 0.308. The van der Waals surface area contributed by atoms with Crippen molar-refractivity contribution in [1.29, 1.82) is 0 Å². The van der Waals surface area contributed by atoms with Crippen LogP contribution in [-0.4, -0.2) is 10.2 Å². The van der Waals surface area contributed by atoms with Crippen LogP contribution in [0.1, 0.15) is 48.9 Å². The molecule has 3 nitrogen and oxygen atoms in total. The lowest BCUT2D eigenvalue weighted by molar-refractivity contribution is 0.0283. The van der Waals surface area contributed by atoms with Gasteiger partial charge in [0, 0.05) is 0 Å². The number of hydrogen-bond acceptors (Lipinski definition) is 3. The van der Waals surface area contributed by atoms with Gasteiger partial charge in [0.2, 0.25) is 0 Å². The summed E-state index contributed by atoms with van der Waals surface area (Å²) in [7, 11) is 0. The molecule has 0 aliphatic carbocycles. The minimum absolute atomic E-state index is 0.0508. The Labute approximate surface area is 173 Å². The number of aliphatic hydroxyl groups is 2. The Bertz CT molecular complexity index is 940. The van der Waals surface area contributed by atoms with Crippen molar-refractivity contribution in [2.45, 2.75) is 52.4 Å². The van der Waals surface area contributed by atoms with Gasteiger partial charge >= 0.3 is 0 Å². The zero-order chi connectivity index (χ0) is 20.9. The van der Waals surface area contributed by atoms with Gasteiger partial charge < -0.3 is 14.9 Å².